The molecule has 0 aromatic heterocycles. The van der Waals surface area contributed by atoms with Gasteiger partial charge in [0.2, 0.25) is 6.79 Å². The number of benzene rings is 4. The predicted octanol–water partition coefficient (Wildman–Crippen LogP) is 9.54. The number of allylic oxidation sites excluding steroid dienone is 1. The van der Waals surface area contributed by atoms with E-state index in [9.17, 15) is 14.7 Å². The molecule has 4 rings (SSSR count). The number of esters is 1. The van der Waals surface area contributed by atoms with Gasteiger partial charge >= 0.3 is 5.97 Å². The smallest absolute Gasteiger partial charge is 0.333 e. The Morgan fingerprint density at radius 3 is 1.83 bits per heavy atom. The fourth-order valence-corrected chi connectivity index (χ4v) is 3.61. The van der Waals surface area contributed by atoms with Gasteiger partial charge in [0.15, 0.2) is 5.78 Å². The van der Waals surface area contributed by atoms with Crippen molar-refractivity contribution in [1.82, 2.24) is 0 Å². The maximum absolute atomic E-state index is 11.3. The second-order valence-electron chi connectivity index (χ2n) is 9.43. The average molecular weight is 619 g/mol. The van der Waals surface area contributed by atoms with E-state index in [1.165, 1.54) is 18.2 Å². The first-order chi connectivity index (χ1) is 22.3. The van der Waals surface area contributed by atoms with Crippen LogP contribution in [0.4, 0.5) is 34.1 Å². The number of phenols is 1. The summed E-state index contributed by atoms with van der Waals surface area (Å²) in [5, 5.41) is 35.6. The first-order valence-electron chi connectivity index (χ1n) is 13.9. The number of phenolic OH excluding ortho intramolecular Hbond substituents is 1. The molecule has 0 aliphatic heterocycles. The molecule has 4 aromatic rings. The first kappa shape index (κ1) is 32.6. The molecule has 0 unspecified atom stereocenters. The molecule has 12 heteroatoms. The van der Waals surface area contributed by atoms with Crippen LogP contribution >= 0.6 is 0 Å². The van der Waals surface area contributed by atoms with Gasteiger partial charge < -0.3 is 19.3 Å². The molecule has 12 nitrogen and oxygen atoms in total. The molecule has 0 aliphatic carbocycles. The number of ketones is 1. The molecule has 0 aliphatic rings. The standard InChI is InChI=1S/C34H30N6O6/c1-4-28(41)18-19-44-29-13-10-26(11-14-29)35-38-27-12-16-31(23(3)20-27)39-36-24-6-8-25(9-7-24)37-40-32-17-15-30(21-33(32)42)45-22-46-34(43)5-2/h4-17,20-21,42H,1-2,18-19,22H2,3H3. The van der Waals surface area contributed by atoms with Crippen molar-refractivity contribution in [2.75, 3.05) is 13.4 Å². The zero-order valence-corrected chi connectivity index (χ0v) is 24.9. The summed E-state index contributed by atoms with van der Waals surface area (Å²) in [6.45, 7) is 8.61. The molecule has 4 aromatic carbocycles. The van der Waals surface area contributed by atoms with Crippen LogP contribution in [0, 0.1) is 6.92 Å². The summed E-state index contributed by atoms with van der Waals surface area (Å²) in [5.41, 5.74) is 4.26. The zero-order valence-electron chi connectivity index (χ0n) is 24.9. The highest BCUT2D eigenvalue weighted by Crippen LogP contribution is 2.33. The van der Waals surface area contributed by atoms with E-state index >= 15 is 0 Å². The van der Waals surface area contributed by atoms with Crippen LogP contribution in [0.25, 0.3) is 0 Å². The molecule has 0 atom stereocenters. The van der Waals surface area contributed by atoms with Crippen LogP contribution < -0.4 is 9.47 Å². The minimum absolute atomic E-state index is 0.0638. The lowest BCUT2D eigenvalue weighted by atomic mass is 10.2. The lowest BCUT2D eigenvalue weighted by Crippen LogP contribution is -2.07. The van der Waals surface area contributed by atoms with Crippen molar-refractivity contribution in [1.29, 1.82) is 0 Å². The zero-order chi connectivity index (χ0) is 32.7. The molecule has 232 valence electrons. The Labute approximate surface area is 265 Å². The van der Waals surface area contributed by atoms with E-state index in [1.54, 1.807) is 60.7 Å². The molecule has 0 saturated carbocycles. The second-order valence-corrected chi connectivity index (χ2v) is 9.43. The molecule has 0 fully saturated rings. The lowest BCUT2D eigenvalue weighted by Gasteiger charge is -2.07. The lowest BCUT2D eigenvalue weighted by molar-refractivity contribution is -0.144. The van der Waals surface area contributed by atoms with Crippen molar-refractivity contribution >= 4 is 45.9 Å². The van der Waals surface area contributed by atoms with Crippen molar-refractivity contribution in [3.05, 3.63) is 116 Å². The van der Waals surface area contributed by atoms with Crippen molar-refractivity contribution in [3.8, 4) is 17.2 Å². The Hall–Kier alpha value is -6.30. The Bertz CT molecular complexity index is 1780. The summed E-state index contributed by atoms with van der Waals surface area (Å²) in [7, 11) is 0. The predicted molar refractivity (Wildman–Crippen MR) is 172 cm³/mol. The van der Waals surface area contributed by atoms with Gasteiger partial charge in [-0.15, -0.1) is 5.11 Å². The summed E-state index contributed by atoms with van der Waals surface area (Å²) < 4.78 is 15.5. The van der Waals surface area contributed by atoms with Gasteiger partial charge in [0.25, 0.3) is 0 Å². The number of aromatic hydroxyl groups is 1. The van der Waals surface area contributed by atoms with E-state index in [-0.39, 0.29) is 37.0 Å². The number of hydrogen-bond acceptors (Lipinski definition) is 12. The molecular formula is C34H30N6O6. The molecular weight excluding hydrogens is 588 g/mol. The Morgan fingerprint density at radius 2 is 1.22 bits per heavy atom. The van der Waals surface area contributed by atoms with Crippen LogP contribution in [0.2, 0.25) is 0 Å². The van der Waals surface area contributed by atoms with Gasteiger partial charge in [0.1, 0.15) is 22.9 Å². The monoisotopic (exact) mass is 618 g/mol. The van der Waals surface area contributed by atoms with E-state index in [0.717, 1.165) is 11.6 Å². The highest BCUT2D eigenvalue weighted by molar-refractivity contribution is 5.89. The van der Waals surface area contributed by atoms with Crippen molar-refractivity contribution in [2.45, 2.75) is 13.3 Å². The van der Waals surface area contributed by atoms with E-state index in [4.69, 9.17) is 14.2 Å². The second kappa shape index (κ2) is 16.5. The number of nitrogens with zero attached hydrogens (tertiary/aromatic N) is 6. The number of ether oxygens (including phenoxy) is 3. The van der Waals surface area contributed by atoms with Crippen LogP contribution in [-0.4, -0.2) is 30.3 Å². The minimum atomic E-state index is -0.616. The SMILES string of the molecule is C=CC(=O)CCOc1ccc(N=Nc2ccc(N=Nc3ccc(N=Nc4ccc(OCOC(=O)C=C)cc4O)cc3)c(C)c2)cc1. The minimum Gasteiger partial charge on any atom is -0.505 e. The summed E-state index contributed by atoms with van der Waals surface area (Å²) in [5.74, 6) is 0.101. The number of azo groups is 3. The molecule has 0 amide bonds. The van der Waals surface area contributed by atoms with Crippen LogP contribution in [0.5, 0.6) is 17.2 Å². The number of hydrogen-bond donors (Lipinski definition) is 1. The van der Waals surface area contributed by atoms with E-state index in [0.29, 0.717) is 39.9 Å². The number of carbonyl (C=O) groups excluding carboxylic acids is 2. The van der Waals surface area contributed by atoms with Gasteiger partial charge in [0, 0.05) is 18.6 Å². The molecule has 1 N–H and O–H groups in total. The summed E-state index contributed by atoms with van der Waals surface area (Å²) in [4.78, 5) is 22.3. The van der Waals surface area contributed by atoms with Gasteiger partial charge in [-0.2, -0.15) is 25.6 Å². The first-order valence-corrected chi connectivity index (χ1v) is 13.9. The van der Waals surface area contributed by atoms with Crippen LogP contribution in [-0.2, 0) is 14.3 Å². The highest BCUT2D eigenvalue weighted by atomic mass is 16.7. The van der Waals surface area contributed by atoms with Crippen LogP contribution in [0.3, 0.4) is 0 Å². The molecule has 0 bridgehead atoms. The van der Waals surface area contributed by atoms with Crippen LogP contribution in [0.1, 0.15) is 12.0 Å². The fraction of sp³-hybridized carbons (Fsp3) is 0.118. The summed E-state index contributed by atoms with van der Waals surface area (Å²) >= 11 is 0. The van der Waals surface area contributed by atoms with Crippen molar-refractivity contribution in [2.24, 2.45) is 30.7 Å². The Morgan fingerprint density at radius 1 is 0.674 bits per heavy atom. The Balaban J connectivity index is 1.29. The highest BCUT2D eigenvalue weighted by Gasteiger charge is 2.05. The van der Waals surface area contributed by atoms with E-state index < -0.39 is 5.97 Å². The van der Waals surface area contributed by atoms with E-state index in [1.807, 2.05) is 19.1 Å². The molecule has 0 spiro atoms. The summed E-state index contributed by atoms with van der Waals surface area (Å²) in [6.07, 6.45) is 2.59. The third-order valence-electron chi connectivity index (χ3n) is 6.08. The van der Waals surface area contributed by atoms with Gasteiger partial charge in [-0.3, -0.25) is 4.79 Å². The third-order valence-corrected chi connectivity index (χ3v) is 6.08. The average Bonchev–Trinajstić information content (AvgIpc) is 3.07. The number of aryl methyl sites for hydroxylation is 1. The largest absolute Gasteiger partial charge is 0.505 e. The molecule has 46 heavy (non-hydrogen) atoms. The van der Waals surface area contributed by atoms with Crippen molar-refractivity contribution in [3.63, 3.8) is 0 Å². The number of carbonyl (C=O) groups is 2. The molecule has 0 saturated heterocycles. The Kier molecular flexibility index (Phi) is 11.7. The fourth-order valence-electron chi connectivity index (χ4n) is 3.61. The quantitative estimate of drug-likeness (QED) is 0.0605. The normalized spacial score (nSPS) is 11.2. The topological polar surface area (TPSA) is 156 Å². The van der Waals surface area contributed by atoms with Gasteiger partial charge in [-0.25, -0.2) is 4.79 Å². The van der Waals surface area contributed by atoms with Crippen molar-refractivity contribution < 1.29 is 28.9 Å². The molecule has 0 heterocycles. The summed E-state index contributed by atoms with van der Waals surface area (Å²) in [6, 6.07) is 23.9. The van der Waals surface area contributed by atoms with Gasteiger partial charge in [-0.1, -0.05) is 13.2 Å². The molecule has 0 radical (unpaired) electrons. The maximum atomic E-state index is 11.3. The van der Waals surface area contributed by atoms with E-state index in [2.05, 4.69) is 43.8 Å². The van der Waals surface area contributed by atoms with Crippen LogP contribution in [0.15, 0.2) is 141 Å². The number of rotatable bonds is 15. The van der Waals surface area contributed by atoms with Gasteiger partial charge in [-0.05, 0) is 97.4 Å². The third kappa shape index (κ3) is 10.2. The van der Waals surface area contributed by atoms with Gasteiger partial charge in [0.05, 0.1) is 35.0 Å². The maximum Gasteiger partial charge on any atom is 0.333 e.